The molecule has 0 spiro atoms. The molecule has 0 radical (unpaired) electrons. The second-order valence-electron chi connectivity index (χ2n) is 5.94. The SMILES string of the molecule is CC1(C)CCCN(C(CN)c2sccc2Br)CC1. The highest BCUT2D eigenvalue weighted by Crippen LogP contribution is 2.36. The molecule has 0 aromatic carbocycles. The molecule has 0 amide bonds. The van der Waals surface area contributed by atoms with E-state index in [0.29, 0.717) is 18.0 Å². The lowest BCUT2D eigenvalue weighted by molar-refractivity contribution is 0.202. The molecule has 2 nitrogen and oxygen atoms in total. The Hall–Kier alpha value is 0.100. The Morgan fingerprint density at radius 3 is 2.83 bits per heavy atom. The van der Waals surface area contributed by atoms with Gasteiger partial charge in [0.1, 0.15) is 0 Å². The molecule has 0 aliphatic carbocycles. The first-order valence-electron chi connectivity index (χ1n) is 6.70. The van der Waals surface area contributed by atoms with Crippen molar-refractivity contribution in [3.05, 3.63) is 20.8 Å². The summed E-state index contributed by atoms with van der Waals surface area (Å²) in [5.74, 6) is 0. The molecule has 18 heavy (non-hydrogen) atoms. The van der Waals surface area contributed by atoms with E-state index in [-0.39, 0.29) is 0 Å². The lowest BCUT2D eigenvalue weighted by atomic mass is 9.85. The number of thiophene rings is 1. The van der Waals surface area contributed by atoms with Gasteiger partial charge in [0.25, 0.3) is 0 Å². The Balaban J connectivity index is 2.11. The minimum Gasteiger partial charge on any atom is -0.329 e. The maximum Gasteiger partial charge on any atom is 0.0575 e. The molecule has 1 aliphatic heterocycles. The molecule has 2 N–H and O–H groups in total. The van der Waals surface area contributed by atoms with Crippen molar-refractivity contribution in [3.8, 4) is 0 Å². The van der Waals surface area contributed by atoms with E-state index in [2.05, 4.69) is 46.1 Å². The highest BCUT2D eigenvalue weighted by atomic mass is 79.9. The average Bonchev–Trinajstić information content (AvgIpc) is 2.64. The molecular formula is C14H23BrN2S. The van der Waals surface area contributed by atoms with E-state index < -0.39 is 0 Å². The van der Waals surface area contributed by atoms with Crippen LogP contribution < -0.4 is 5.73 Å². The summed E-state index contributed by atoms with van der Waals surface area (Å²) in [6.07, 6.45) is 3.88. The molecule has 1 aliphatic rings. The summed E-state index contributed by atoms with van der Waals surface area (Å²) in [6.45, 7) is 7.82. The maximum atomic E-state index is 6.03. The molecule has 1 fully saturated rings. The van der Waals surface area contributed by atoms with Crippen molar-refractivity contribution < 1.29 is 0 Å². The molecule has 1 atom stereocenters. The average molecular weight is 331 g/mol. The van der Waals surface area contributed by atoms with Gasteiger partial charge in [-0.2, -0.15) is 0 Å². The van der Waals surface area contributed by atoms with Crippen LogP contribution in [0.3, 0.4) is 0 Å². The number of likely N-dealkylation sites (tertiary alicyclic amines) is 1. The van der Waals surface area contributed by atoms with Crippen LogP contribution in [-0.2, 0) is 0 Å². The van der Waals surface area contributed by atoms with E-state index in [1.807, 2.05) is 11.3 Å². The minimum atomic E-state index is 0.383. The highest BCUT2D eigenvalue weighted by molar-refractivity contribution is 9.10. The van der Waals surface area contributed by atoms with Gasteiger partial charge in [0.05, 0.1) is 6.04 Å². The van der Waals surface area contributed by atoms with Gasteiger partial charge in [-0.3, -0.25) is 4.90 Å². The zero-order valence-electron chi connectivity index (χ0n) is 11.3. The van der Waals surface area contributed by atoms with Crippen LogP contribution in [-0.4, -0.2) is 24.5 Å². The summed E-state index contributed by atoms with van der Waals surface area (Å²) in [4.78, 5) is 3.96. The first-order chi connectivity index (χ1) is 8.53. The molecule has 4 heteroatoms. The van der Waals surface area contributed by atoms with Crippen LogP contribution in [0.25, 0.3) is 0 Å². The van der Waals surface area contributed by atoms with Gasteiger partial charge in [-0.05, 0) is 65.1 Å². The van der Waals surface area contributed by atoms with Crippen LogP contribution >= 0.6 is 27.3 Å². The summed E-state index contributed by atoms with van der Waals surface area (Å²) >= 11 is 5.46. The number of nitrogens with zero attached hydrogens (tertiary/aromatic N) is 1. The monoisotopic (exact) mass is 330 g/mol. The third-order valence-electron chi connectivity index (χ3n) is 3.99. The van der Waals surface area contributed by atoms with Crippen LogP contribution in [0.4, 0.5) is 0 Å². The van der Waals surface area contributed by atoms with Crippen molar-refractivity contribution in [2.75, 3.05) is 19.6 Å². The van der Waals surface area contributed by atoms with Crippen LogP contribution in [0.1, 0.15) is 44.0 Å². The number of hydrogen-bond acceptors (Lipinski definition) is 3. The number of hydrogen-bond donors (Lipinski definition) is 1. The molecule has 2 rings (SSSR count). The van der Waals surface area contributed by atoms with Gasteiger partial charge in [-0.25, -0.2) is 0 Å². The van der Waals surface area contributed by atoms with Crippen molar-refractivity contribution >= 4 is 27.3 Å². The van der Waals surface area contributed by atoms with Gasteiger partial charge < -0.3 is 5.73 Å². The second-order valence-corrected chi connectivity index (χ2v) is 7.74. The number of halogens is 1. The van der Waals surface area contributed by atoms with Gasteiger partial charge >= 0.3 is 0 Å². The molecule has 2 heterocycles. The van der Waals surface area contributed by atoms with E-state index in [4.69, 9.17) is 5.73 Å². The smallest absolute Gasteiger partial charge is 0.0575 e. The van der Waals surface area contributed by atoms with Gasteiger partial charge in [-0.1, -0.05) is 13.8 Å². The molecule has 102 valence electrons. The van der Waals surface area contributed by atoms with E-state index in [9.17, 15) is 0 Å². The van der Waals surface area contributed by atoms with Crippen molar-refractivity contribution in [2.24, 2.45) is 11.1 Å². The summed E-state index contributed by atoms with van der Waals surface area (Å²) in [5.41, 5.74) is 6.51. The van der Waals surface area contributed by atoms with Gasteiger partial charge in [0.15, 0.2) is 0 Å². The Labute approximate surface area is 123 Å². The van der Waals surface area contributed by atoms with E-state index in [1.165, 1.54) is 41.7 Å². The Morgan fingerprint density at radius 1 is 1.44 bits per heavy atom. The Kier molecular flexibility index (Phi) is 4.86. The van der Waals surface area contributed by atoms with E-state index in [1.54, 1.807) is 0 Å². The summed E-state index contributed by atoms with van der Waals surface area (Å²) < 4.78 is 1.21. The zero-order chi connectivity index (χ0) is 13.2. The fourth-order valence-corrected chi connectivity index (χ4v) is 4.51. The lowest BCUT2D eigenvalue weighted by Crippen LogP contribution is -2.34. The van der Waals surface area contributed by atoms with Gasteiger partial charge in [0.2, 0.25) is 0 Å². The summed E-state index contributed by atoms with van der Waals surface area (Å²) in [6, 6.07) is 2.51. The van der Waals surface area contributed by atoms with Gasteiger partial charge in [0, 0.05) is 15.9 Å². The normalized spacial score (nSPS) is 22.7. The molecule has 1 aromatic heterocycles. The van der Waals surface area contributed by atoms with Crippen LogP contribution in [0.15, 0.2) is 15.9 Å². The van der Waals surface area contributed by atoms with Crippen LogP contribution in [0.2, 0.25) is 0 Å². The molecule has 1 unspecified atom stereocenters. The standard InChI is InChI=1S/C14H23BrN2S/c1-14(2)5-3-7-17(8-6-14)12(10-16)13-11(15)4-9-18-13/h4,9,12H,3,5-8,10,16H2,1-2H3. The predicted octanol–water partition coefficient (Wildman–Crippen LogP) is 4.02. The fraction of sp³-hybridized carbons (Fsp3) is 0.714. The van der Waals surface area contributed by atoms with E-state index >= 15 is 0 Å². The highest BCUT2D eigenvalue weighted by Gasteiger charge is 2.28. The van der Waals surface area contributed by atoms with Crippen molar-refractivity contribution in [3.63, 3.8) is 0 Å². The van der Waals surface area contributed by atoms with Crippen LogP contribution in [0.5, 0.6) is 0 Å². The van der Waals surface area contributed by atoms with Crippen molar-refractivity contribution in [1.82, 2.24) is 4.90 Å². The zero-order valence-corrected chi connectivity index (χ0v) is 13.7. The maximum absolute atomic E-state index is 6.03. The van der Waals surface area contributed by atoms with Gasteiger partial charge in [-0.15, -0.1) is 11.3 Å². The first kappa shape index (κ1) is 14.5. The fourth-order valence-electron chi connectivity index (χ4n) is 2.72. The Morgan fingerprint density at radius 2 is 2.22 bits per heavy atom. The summed E-state index contributed by atoms with van der Waals surface area (Å²) in [5, 5.41) is 2.14. The molecule has 1 aromatic rings. The summed E-state index contributed by atoms with van der Waals surface area (Å²) in [7, 11) is 0. The second kappa shape index (κ2) is 6.04. The first-order valence-corrected chi connectivity index (χ1v) is 8.38. The Bertz CT molecular complexity index is 389. The van der Waals surface area contributed by atoms with Crippen molar-refractivity contribution in [1.29, 1.82) is 0 Å². The lowest BCUT2D eigenvalue weighted by Gasteiger charge is -2.30. The minimum absolute atomic E-state index is 0.383. The molecule has 0 bridgehead atoms. The third-order valence-corrected chi connectivity index (χ3v) is 5.96. The molecule has 1 saturated heterocycles. The van der Waals surface area contributed by atoms with Crippen LogP contribution in [0, 0.1) is 5.41 Å². The predicted molar refractivity (Wildman–Crippen MR) is 83.0 cm³/mol. The third kappa shape index (κ3) is 3.35. The number of nitrogens with two attached hydrogens (primary N) is 1. The topological polar surface area (TPSA) is 29.3 Å². The van der Waals surface area contributed by atoms with Crippen molar-refractivity contribution in [2.45, 2.75) is 39.2 Å². The van der Waals surface area contributed by atoms with E-state index in [0.717, 1.165) is 0 Å². The molecule has 0 saturated carbocycles. The largest absolute Gasteiger partial charge is 0.329 e. The number of rotatable bonds is 3. The quantitative estimate of drug-likeness (QED) is 0.906. The molecular weight excluding hydrogens is 308 g/mol.